The SMILES string of the molecule is CC(C)(Br)C(=O)Oc1cccc(C(=O)Cl)c1OC(=O)C(C)(C)Br. The number of esters is 2. The fraction of sp³-hybridized carbons (Fsp3) is 0.400. The molecule has 126 valence electrons. The van der Waals surface area contributed by atoms with E-state index < -0.39 is 25.8 Å². The first kappa shape index (κ1) is 20.1. The minimum atomic E-state index is -0.995. The lowest BCUT2D eigenvalue weighted by atomic mass is 10.2. The number of carbonyl (C=O) groups is 3. The van der Waals surface area contributed by atoms with Crippen LogP contribution in [-0.2, 0) is 9.59 Å². The molecule has 0 saturated heterocycles. The second-order valence-corrected chi connectivity index (χ2v) is 9.94. The number of halogens is 3. The molecule has 0 atom stereocenters. The van der Waals surface area contributed by atoms with E-state index in [0.717, 1.165) is 0 Å². The van der Waals surface area contributed by atoms with Gasteiger partial charge in [0.25, 0.3) is 5.24 Å². The van der Waals surface area contributed by atoms with Crippen molar-refractivity contribution >= 4 is 60.6 Å². The average molecular weight is 471 g/mol. The molecule has 0 spiro atoms. The lowest BCUT2D eigenvalue weighted by molar-refractivity contribution is -0.138. The summed E-state index contributed by atoms with van der Waals surface area (Å²) < 4.78 is 8.51. The number of hydrogen-bond acceptors (Lipinski definition) is 5. The van der Waals surface area contributed by atoms with Gasteiger partial charge in [0.05, 0.1) is 5.56 Å². The number of ether oxygens (including phenoxy) is 2. The molecule has 0 amide bonds. The highest BCUT2D eigenvalue weighted by Crippen LogP contribution is 2.35. The molecular weight excluding hydrogens is 455 g/mol. The molecule has 0 fully saturated rings. The first-order chi connectivity index (χ1) is 10.3. The Morgan fingerprint density at radius 3 is 1.87 bits per heavy atom. The number of alkyl halides is 2. The molecule has 0 unspecified atom stereocenters. The first-order valence-electron chi connectivity index (χ1n) is 6.49. The van der Waals surface area contributed by atoms with E-state index in [1.165, 1.54) is 18.2 Å². The number of carbonyl (C=O) groups excluding carboxylic acids is 3. The van der Waals surface area contributed by atoms with Gasteiger partial charge in [0.1, 0.15) is 8.65 Å². The quantitative estimate of drug-likeness (QED) is 0.279. The molecule has 8 heteroatoms. The molecule has 5 nitrogen and oxygen atoms in total. The zero-order chi connectivity index (χ0) is 18.0. The van der Waals surface area contributed by atoms with Gasteiger partial charge in [-0.1, -0.05) is 37.9 Å². The maximum absolute atomic E-state index is 12.1. The minimum Gasteiger partial charge on any atom is -0.421 e. The molecular formula is C15H15Br2ClO5. The summed E-state index contributed by atoms with van der Waals surface area (Å²) in [5, 5.41) is -0.837. The molecule has 0 N–H and O–H groups in total. The van der Waals surface area contributed by atoms with Gasteiger partial charge in [0.15, 0.2) is 11.5 Å². The van der Waals surface area contributed by atoms with Crippen molar-refractivity contribution in [3.05, 3.63) is 23.8 Å². The maximum atomic E-state index is 12.1. The van der Waals surface area contributed by atoms with Crippen LogP contribution in [0.15, 0.2) is 18.2 Å². The van der Waals surface area contributed by atoms with Gasteiger partial charge in [-0.2, -0.15) is 0 Å². The molecule has 0 aliphatic heterocycles. The highest BCUT2D eigenvalue weighted by molar-refractivity contribution is 9.10. The molecule has 23 heavy (non-hydrogen) atoms. The van der Waals surface area contributed by atoms with E-state index in [9.17, 15) is 14.4 Å². The third-order valence-corrected chi connectivity index (χ3v) is 3.41. The lowest BCUT2D eigenvalue weighted by Gasteiger charge is -2.19. The van der Waals surface area contributed by atoms with Crippen LogP contribution in [0, 0.1) is 0 Å². The average Bonchev–Trinajstić information content (AvgIpc) is 2.37. The molecule has 0 saturated carbocycles. The normalized spacial score (nSPS) is 11.8. The van der Waals surface area contributed by atoms with Crippen molar-refractivity contribution in [1.82, 2.24) is 0 Å². The van der Waals surface area contributed by atoms with Gasteiger partial charge in [-0.25, -0.2) is 0 Å². The Hall–Kier alpha value is -0.920. The largest absolute Gasteiger partial charge is 0.421 e. The van der Waals surface area contributed by atoms with Crippen molar-refractivity contribution in [1.29, 1.82) is 0 Å². The van der Waals surface area contributed by atoms with Crippen LogP contribution in [0.4, 0.5) is 0 Å². The minimum absolute atomic E-state index is 0.0703. The Morgan fingerprint density at radius 1 is 0.957 bits per heavy atom. The predicted molar refractivity (Wildman–Crippen MR) is 93.9 cm³/mol. The van der Waals surface area contributed by atoms with Crippen LogP contribution in [0.1, 0.15) is 38.1 Å². The zero-order valence-electron chi connectivity index (χ0n) is 12.9. The van der Waals surface area contributed by atoms with Crippen LogP contribution in [-0.4, -0.2) is 25.8 Å². The van der Waals surface area contributed by atoms with Crippen molar-refractivity contribution in [2.24, 2.45) is 0 Å². The van der Waals surface area contributed by atoms with E-state index in [4.69, 9.17) is 21.1 Å². The molecule has 1 aromatic carbocycles. The van der Waals surface area contributed by atoms with Gasteiger partial charge < -0.3 is 9.47 Å². The molecule has 0 bridgehead atoms. The van der Waals surface area contributed by atoms with Crippen LogP contribution < -0.4 is 9.47 Å². The molecule has 0 radical (unpaired) electrons. The molecule has 1 aromatic rings. The van der Waals surface area contributed by atoms with Crippen LogP contribution in [0.5, 0.6) is 11.5 Å². The Labute approximate surface area is 155 Å². The van der Waals surface area contributed by atoms with Gasteiger partial charge in [0.2, 0.25) is 0 Å². The van der Waals surface area contributed by atoms with Crippen LogP contribution >= 0.6 is 43.5 Å². The fourth-order valence-electron chi connectivity index (χ4n) is 1.29. The Morgan fingerprint density at radius 2 is 1.43 bits per heavy atom. The van der Waals surface area contributed by atoms with Gasteiger partial charge in [-0.3, -0.25) is 14.4 Å². The van der Waals surface area contributed by atoms with E-state index in [1.807, 2.05) is 0 Å². The van der Waals surface area contributed by atoms with Crippen molar-refractivity contribution < 1.29 is 23.9 Å². The third kappa shape index (κ3) is 5.58. The summed E-state index contributed by atoms with van der Waals surface area (Å²) in [5.74, 6) is -1.56. The summed E-state index contributed by atoms with van der Waals surface area (Å²) >= 11 is 11.8. The Bertz CT molecular complexity index is 644. The standard InChI is InChI=1S/C15H15Br2ClO5/c1-14(2,16)12(20)22-9-7-5-6-8(11(18)19)10(9)23-13(21)15(3,4)17/h5-7H,1-4H3. The summed E-state index contributed by atoms with van der Waals surface area (Å²) in [6.45, 7) is 6.35. The maximum Gasteiger partial charge on any atom is 0.327 e. The van der Waals surface area contributed by atoms with E-state index in [0.29, 0.717) is 0 Å². The summed E-state index contributed by atoms with van der Waals surface area (Å²) in [6.07, 6.45) is 0. The van der Waals surface area contributed by atoms with Gasteiger partial charge >= 0.3 is 11.9 Å². The van der Waals surface area contributed by atoms with Gasteiger partial charge in [-0.05, 0) is 51.4 Å². The highest BCUT2D eigenvalue weighted by atomic mass is 79.9. The van der Waals surface area contributed by atoms with E-state index >= 15 is 0 Å². The fourth-order valence-corrected chi connectivity index (χ4v) is 1.60. The van der Waals surface area contributed by atoms with Gasteiger partial charge in [0, 0.05) is 0 Å². The summed E-state index contributed by atoms with van der Waals surface area (Å²) in [4.78, 5) is 35.6. The Kier molecular flexibility index (Phi) is 6.40. The number of hydrogen-bond donors (Lipinski definition) is 0. The van der Waals surface area contributed by atoms with Crippen LogP contribution in [0.25, 0.3) is 0 Å². The van der Waals surface area contributed by atoms with Crippen molar-refractivity contribution in [2.75, 3.05) is 0 Å². The molecule has 0 aromatic heterocycles. The Balaban J connectivity index is 3.31. The second-order valence-electron chi connectivity index (χ2n) is 5.63. The predicted octanol–water partition coefficient (Wildman–Crippen LogP) is 4.22. The lowest BCUT2D eigenvalue weighted by Crippen LogP contribution is -2.31. The van der Waals surface area contributed by atoms with Crippen molar-refractivity contribution in [3.63, 3.8) is 0 Å². The summed E-state index contributed by atoms with van der Waals surface area (Å²) in [6, 6.07) is 4.25. The second kappa shape index (κ2) is 7.32. The van der Waals surface area contributed by atoms with Crippen molar-refractivity contribution in [2.45, 2.75) is 36.3 Å². The molecule has 0 aliphatic carbocycles. The monoisotopic (exact) mass is 468 g/mol. The summed E-state index contributed by atoms with van der Waals surface area (Å²) in [5.41, 5.74) is -0.0746. The van der Waals surface area contributed by atoms with E-state index in [2.05, 4.69) is 31.9 Å². The molecule has 0 aliphatic rings. The van der Waals surface area contributed by atoms with E-state index in [-0.39, 0.29) is 17.1 Å². The number of para-hydroxylation sites is 1. The van der Waals surface area contributed by atoms with Crippen LogP contribution in [0.3, 0.4) is 0 Å². The molecule has 1 rings (SSSR count). The first-order valence-corrected chi connectivity index (χ1v) is 8.45. The summed E-state index contributed by atoms with van der Waals surface area (Å²) in [7, 11) is 0. The highest BCUT2D eigenvalue weighted by Gasteiger charge is 2.31. The van der Waals surface area contributed by atoms with Crippen molar-refractivity contribution in [3.8, 4) is 11.5 Å². The van der Waals surface area contributed by atoms with Gasteiger partial charge in [-0.15, -0.1) is 0 Å². The smallest absolute Gasteiger partial charge is 0.327 e. The number of benzene rings is 1. The van der Waals surface area contributed by atoms with Crippen LogP contribution in [0.2, 0.25) is 0 Å². The third-order valence-electron chi connectivity index (χ3n) is 2.56. The topological polar surface area (TPSA) is 69.7 Å². The van der Waals surface area contributed by atoms with E-state index in [1.54, 1.807) is 27.7 Å². The molecule has 0 heterocycles. The number of rotatable bonds is 5. The zero-order valence-corrected chi connectivity index (χ0v) is 16.8.